The van der Waals surface area contributed by atoms with E-state index in [1.807, 2.05) is 68.4 Å². The Labute approximate surface area is 205 Å². The Balaban J connectivity index is 1.36. The maximum absolute atomic E-state index is 12.5. The third-order valence-electron chi connectivity index (χ3n) is 5.86. The van der Waals surface area contributed by atoms with Gasteiger partial charge in [0.15, 0.2) is 11.5 Å². The van der Waals surface area contributed by atoms with Crippen LogP contribution in [0.15, 0.2) is 96.6 Å². The molecule has 4 nitrogen and oxygen atoms in total. The van der Waals surface area contributed by atoms with Crippen molar-refractivity contribution in [3.63, 3.8) is 0 Å². The number of rotatable bonds is 7. The van der Waals surface area contributed by atoms with E-state index in [0.29, 0.717) is 36.0 Å². The highest BCUT2D eigenvalue weighted by atomic mass is 16.5. The Morgan fingerprint density at radius 1 is 0.829 bits per heavy atom. The summed E-state index contributed by atoms with van der Waals surface area (Å²) in [6, 6.07) is 28.2. The lowest BCUT2D eigenvalue weighted by molar-refractivity contribution is -0.130. The topological polar surface area (TPSA) is 44.8 Å². The molecular weight excluding hydrogens is 436 g/mol. The van der Waals surface area contributed by atoms with Crippen molar-refractivity contribution >= 4 is 28.6 Å². The van der Waals surface area contributed by atoms with Crippen LogP contribution in [0, 0.1) is 6.92 Å². The predicted molar refractivity (Wildman–Crippen MR) is 139 cm³/mol. The number of benzene rings is 4. The molecule has 0 saturated carbocycles. The summed E-state index contributed by atoms with van der Waals surface area (Å²) in [6.07, 6.45) is 3.58. The van der Waals surface area contributed by atoms with Gasteiger partial charge in [-0.1, -0.05) is 72.3 Å². The summed E-state index contributed by atoms with van der Waals surface area (Å²) in [7, 11) is 0. The van der Waals surface area contributed by atoms with Crippen molar-refractivity contribution in [2.24, 2.45) is 0 Å². The molecule has 5 rings (SSSR count). The van der Waals surface area contributed by atoms with Crippen LogP contribution in [0.4, 0.5) is 0 Å². The predicted octanol–water partition coefficient (Wildman–Crippen LogP) is 7.11. The molecule has 0 fully saturated rings. The Bertz CT molecular complexity index is 1440. The van der Waals surface area contributed by atoms with E-state index in [1.165, 1.54) is 10.8 Å². The normalized spacial score (nSPS) is 14.2. The van der Waals surface area contributed by atoms with Crippen LogP contribution in [0.3, 0.4) is 0 Å². The zero-order valence-electron chi connectivity index (χ0n) is 19.8. The molecule has 0 aromatic heterocycles. The lowest BCUT2D eigenvalue weighted by Gasteiger charge is -2.13. The summed E-state index contributed by atoms with van der Waals surface area (Å²) in [5, 5.41) is 2.38. The minimum atomic E-state index is -0.366. The highest BCUT2D eigenvalue weighted by Gasteiger charge is 2.22. The molecule has 4 heteroatoms. The van der Waals surface area contributed by atoms with E-state index < -0.39 is 0 Å². The number of aryl methyl sites for hydroxylation is 1. The first-order valence-electron chi connectivity index (χ1n) is 11.7. The first-order chi connectivity index (χ1) is 17.1. The largest absolute Gasteiger partial charge is 0.490 e. The first-order valence-corrected chi connectivity index (χ1v) is 11.7. The van der Waals surface area contributed by atoms with Gasteiger partial charge in [-0.2, -0.15) is 0 Å². The number of fused-ring (bicyclic) bond motifs is 1. The summed E-state index contributed by atoms with van der Waals surface area (Å²) in [4.78, 5) is 12.5. The maximum atomic E-state index is 12.5. The quantitative estimate of drug-likeness (QED) is 0.217. The van der Waals surface area contributed by atoms with Crippen molar-refractivity contribution in [3.8, 4) is 11.5 Å². The van der Waals surface area contributed by atoms with Gasteiger partial charge in [-0.05, 0) is 66.1 Å². The average molecular weight is 463 g/mol. The molecular formula is C31H26O4. The second-order valence-corrected chi connectivity index (χ2v) is 8.47. The number of hydrogen-bond donors (Lipinski definition) is 0. The molecule has 0 spiro atoms. The summed E-state index contributed by atoms with van der Waals surface area (Å²) < 4.78 is 17.4. The van der Waals surface area contributed by atoms with Crippen LogP contribution in [-0.4, -0.2) is 12.6 Å². The fourth-order valence-electron chi connectivity index (χ4n) is 4.02. The minimum absolute atomic E-state index is 0.366. The molecule has 0 aliphatic carbocycles. The van der Waals surface area contributed by atoms with Gasteiger partial charge in [-0.25, -0.2) is 4.79 Å². The summed E-state index contributed by atoms with van der Waals surface area (Å²) in [5.74, 6) is 1.49. The van der Waals surface area contributed by atoms with Crippen LogP contribution < -0.4 is 9.47 Å². The molecule has 0 unspecified atom stereocenters. The Kier molecular flexibility index (Phi) is 6.36. The Morgan fingerprint density at radius 3 is 2.43 bits per heavy atom. The van der Waals surface area contributed by atoms with E-state index in [4.69, 9.17) is 14.2 Å². The molecule has 4 aromatic rings. The van der Waals surface area contributed by atoms with Crippen LogP contribution in [-0.2, 0) is 16.1 Å². The van der Waals surface area contributed by atoms with Crippen molar-refractivity contribution < 1.29 is 19.0 Å². The summed E-state index contributed by atoms with van der Waals surface area (Å²) in [6.45, 7) is 4.89. The molecule has 0 radical (unpaired) electrons. The van der Waals surface area contributed by atoms with Crippen molar-refractivity contribution in [1.82, 2.24) is 0 Å². The molecule has 0 bridgehead atoms. The lowest BCUT2D eigenvalue weighted by Crippen LogP contribution is -2.00. The smallest absolute Gasteiger partial charge is 0.343 e. The van der Waals surface area contributed by atoms with Crippen LogP contribution >= 0.6 is 0 Å². The number of esters is 1. The van der Waals surface area contributed by atoms with Crippen LogP contribution in [0.2, 0.25) is 0 Å². The van der Waals surface area contributed by atoms with E-state index in [1.54, 1.807) is 12.2 Å². The van der Waals surface area contributed by atoms with Crippen molar-refractivity contribution in [1.29, 1.82) is 0 Å². The molecule has 0 amide bonds. The van der Waals surface area contributed by atoms with Gasteiger partial charge >= 0.3 is 5.97 Å². The molecule has 0 atom stereocenters. The van der Waals surface area contributed by atoms with Crippen LogP contribution in [0.1, 0.15) is 29.2 Å². The highest BCUT2D eigenvalue weighted by Crippen LogP contribution is 2.32. The summed E-state index contributed by atoms with van der Waals surface area (Å²) >= 11 is 0. The SMILES string of the molecule is CCOc1cc(C=C2C=C(c3ccc(C)cc3)OC2=O)ccc1OCc1ccc2ccccc2c1. The number of ether oxygens (including phenoxy) is 3. The number of carbonyl (C=O) groups is 1. The van der Waals surface area contributed by atoms with Gasteiger partial charge in [0.1, 0.15) is 12.4 Å². The Hall–Kier alpha value is -4.31. The molecule has 35 heavy (non-hydrogen) atoms. The molecule has 1 aliphatic rings. The second-order valence-electron chi connectivity index (χ2n) is 8.47. The zero-order valence-corrected chi connectivity index (χ0v) is 19.8. The molecule has 0 N–H and O–H groups in total. The standard InChI is InChI=1S/C31H26O4/c1-3-33-30-18-22(16-27-19-29(35-31(27)32)25-12-8-21(2)9-13-25)11-15-28(30)34-20-23-10-14-24-6-4-5-7-26(24)17-23/h4-19H,3,20H2,1-2H3. The van der Waals surface area contributed by atoms with Crippen LogP contribution in [0.5, 0.6) is 11.5 Å². The fourth-order valence-corrected chi connectivity index (χ4v) is 4.02. The van der Waals surface area contributed by atoms with E-state index in [9.17, 15) is 4.79 Å². The van der Waals surface area contributed by atoms with Gasteiger partial charge in [-0.15, -0.1) is 0 Å². The molecule has 174 valence electrons. The third-order valence-corrected chi connectivity index (χ3v) is 5.86. The van der Waals surface area contributed by atoms with E-state index in [2.05, 4.69) is 30.3 Å². The Morgan fingerprint density at radius 2 is 1.63 bits per heavy atom. The molecule has 4 aromatic carbocycles. The van der Waals surface area contributed by atoms with E-state index in [0.717, 1.165) is 22.3 Å². The molecule has 1 heterocycles. The number of hydrogen-bond acceptors (Lipinski definition) is 4. The van der Waals surface area contributed by atoms with Crippen LogP contribution in [0.25, 0.3) is 22.6 Å². The summed E-state index contributed by atoms with van der Waals surface area (Å²) in [5.41, 5.74) is 4.44. The van der Waals surface area contributed by atoms with E-state index in [-0.39, 0.29) is 5.97 Å². The monoisotopic (exact) mass is 462 g/mol. The van der Waals surface area contributed by atoms with Crippen molar-refractivity contribution in [2.75, 3.05) is 6.61 Å². The van der Waals surface area contributed by atoms with Crippen molar-refractivity contribution in [3.05, 3.63) is 119 Å². The number of carbonyl (C=O) groups excluding carboxylic acids is 1. The molecule has 0 saturated heterocycles. The van der Waals surface area contributed by atoms with Gasteiger partial charge in [0.2, 0.25) is 0 Å². The maximum Gasteiger partial charge on any atom is 0.343 e. The molecule has 1 aliphatic heterocycles. The van der Waals surface area contributed by atoms with Gasteiger partial charge in [0.05, 0.1) is 12.2 Å². The van der Waals surface area contributed by atoms with Crippen molar-refractivity contribution in [2.45, 2.75) is 20.5 Å². The number of cyclic esters (lactones) is 1. The highest BCUT2D eigenvalue weighted by molar-refractivity contribution is 6.05. The van der Waals surface area contributed by atoms with Gasteiger partial charge in [-0.3, -0.25) is 0 Å². The van der Waals surface area contributed by atoms with Gasteiger partial charge in [0, 0.05) is 5.56 Å². The zero-order chi connectivity index (χ0) is 24.2. The third kappa shape index (κ3) is 5.12. The van der Waals surface area contributed by atoms with E-state index >= 15 is 0 Å². The first kappa shape index (κ1) is 22.5. The fraction of sp³-hybridized carbons (Fsp3) is 0.129. The van der Waals surface area contributed by atoms with Gasteiger partial charge in [0.25, 0.3) is 0 Å². The average Bonchev–Trinajstić information content (AvgIpc) is 3.24. The lowest BCUT2D eigenvalue weighted by atomic mass is 10.1. The second kappa shape index (κ2) is 9.90. The minimum Gasteiger partial charge on any atom is -0.490 e. The van der Waals surface area contributed by atoms with Gasteiger partial charge < -0.3 is 14.2 Å².